The van der Waals surface area contributed by atoms with E-state index in [0.29, 0.717) is 11.1 Å². The van der Waals surface area contributed by atoms with Gasteiger partial charge in [-0.1, -0.05) is 63.2 Å². The molecule has 0 aromatic heterocycles. The molecule has 7 heteroatoms. The molecule has 0 radical (unpaired) electrons. The van der Waals surface area contributed by atoms with E-state index in [1.54, 1.807) is 42.5 Å². The molecular weight excluding hydrogens is 396 g/mol. The fraction of sp³-hybridized carbons (Fsp3) is 0.333. The second-order valence-corrected chi connectivity index (χ2v) is 8.57. The van der Waals surface area contributed by atoms with E-state index in [2.05, 4.69) is 26.2 Å². The highest BCUT2D eigenvalue weighted by atomic mass is 16.5. The minimum atomic E-state index is -0.736. The number of hydrazine groups is 1. The molecular formula is C24H26N2O5. The Bertz CT molecular complexity index is 977. The van der Waals surface area contributed by atoms with Crippen LogP contribution in [-0.2, 0) is 19.7 Å². The van der Waals surface area contributed by atoms with Crippen LogP contribution in [0.4, 0.5) is 0 Å². The van der Waals surface area contributed by atoms with Crippen molar-refractivity contribution in [2.24, 2.45) is 5.92 Å². The molecule has 2 aromatic rings. The third-order valence-electron chi connectivity index (χ3n) is 5.15. The lowest BCUT2D eigenvalue weighted by molar-refractivity contribution is -0.147. The van der Waals surface area contributed by atoms with Crippen molar-refractivity contribution in [1.29, 1.82) is 0 Å². The second kappa shape index (κ2) is 9.12. The number of benzene rings is 2. The third kappa shape index (κ3) is 5.57. The standard InChI is InChI=1S/C24H26N2O5/c1-24(2,3)19-11-9-17(10-12-19)22(29)25-26-14-18(13-21(26)28)23(30)31-15-20(27)16-7-5-4-6-8-16/h4-12,18H,13-15H2,1-3H3,(H,25,29)/t18-/m0/s1. The monoisotopic (exact) mass is 422 g/mol. The van der Waals surface area contributed by atoms with E-state index in [1.807, 2.05) is 12.1 Å². The summed E-state index contributed by atoms with van der Waals surface area (Å²) in [4.78, 5) is 49.1. The van der Waals surface area contributed by atoms with E-state index in [4.69, 9.17) is 4.74 Å². The van der Waals surface area contributed by atoms with E-state index in [-0.39, 0.29) is 36.7 Å². The van der Waals surface area contributed by atoms with Crippen molar-refractivity contribution in [3.63, 3.8) is 0 Å². The number of hydrogen-bond donors (Lipinski definition) is 1. The summed E-state index contributed by atoms with van der Waals surface area (Å²) in [5.41, 5.74) is 4.47. The van der Waals surface area contributed by atoms with Crippen LogP contribution in [0.5, 0.6) is 0 Å². The summed E-state index contributed by atoms with van der Waals surface area (Å²) in [5, 5.41) is 1.13. The van der Waals surface area contributed by atoms with Gasteiger partial charge in [0.05, 0.1) is 12.5 Å². The van der Waals surface area contributed by atoms with Crippen molar-refractivity contribution < 1.29 is 23.9 Å². The Balaban J connectivity index is 1.53. The van der Waals surface area contributed by atoms with Crippen LogP contribution in [0.2, 0.25) is 0 Å². The van der Waals surface area contributed by atoms with Crippen LogP contribution in [0.15, 0.2) is 54.6 Å². The van der Waals surface area contributed by atoms with Gasteiger partial charge >= 0.3 is 5.97 Å². The van der Waals surface area contributed by atoms with Crippen molar-refractivity contribution >= 4 is 23.6 Å². The quantitative estimate of drug-likeness (QED) is 0.571. The summed E-state index contributed by atoms with van der Waals surface area (Å²) in [6.07, 6.45) is -0.0817. The number of ketones is 1. The Morgan fingerprint density at radius 3 is 2.26 bits per heavy atom. The average molecular weight is 422 g/mol. The largest absolute Gasteiger partial charge is 0.457 e. The first-order chi connectivity index (χ1) is 14.6. The Morgan fingerprint density at radius 2 is 1.65 bits per heavy atom. The lowest BCUT2D eigenvalue weighted by Gasteiger charge is -2.20. The van der Waals surface area contributed by atoms with Crippen LogP contribution in [0.1, 0.15) is 53.5 Å². The molecule has 0 unspecified atom stereocenters. The Labute approximate surface area is 181 Å². The molecule has 0 aliphatic carbocycles. The number of carbonyl (C=O) groups is 4. The van der Waals surface area contributed by atoms with Crippen LogP contribution in [0.25, 0.3) is 0 Å². The van der Waals surface area contributed by atoms with Crippen LogP contribution >= 0.6 is 0 Å². The predicted octanol–water partition coefficient (Wildman–Crippen LogP) is 2.90. The van der Waals surface area contributed by atoms with Crippen LogP contribution in [-0.4, -0.2) is 41.7 Å². The number of nitrogens with one attached hydrogen (secondary N) is 1. The van der Waals surface area contributed by atoms with E-state index < -0.39 is 17.8 Å². The number of ether oxygens (including phenoxy) is 1. The van der Waals surface area contributed by atoms with Gasteiger partial charge in [0, 0.05) is 17.5 Å². The van der Waals surface area contributed by atoms with Gasteiger partial charge in [-0.25, -0.2) is 0 Å². The lowest BCUT2D eigenvalue weighted by atomic mass is 9.87. The molecule has 0 bridgehead atoms. The SMILES string of the molecule is CC(C)(C)c1ccc(C(=O)NN2C[C@@H](C(=O)OCC(=O)c3ccccc3)CC2=O)cc1. The molecule has 162 valence electrons. The molecule has 1 atom stereocenters. The van der Waals surface area contributed by atoms with Gasteiger partial charge in [-0.2, -0.15) is 0 Å². The molecule has 1 aliphatic heterocycles. The number of rotatable bonds is 6. The first-order valence-corrected chi connectivity index (χ1v) is 10.1. The van der Waals surface area contributed by atoms with Crippen LogP contribution in [0.3, 0.4) is 0 Å². The summed E-state index contributed by atoms with van der Waals surface area (Å²) in [6.45, 7) is 5.86. The molecule has 31 heavy (non-hydrogen) atoms. The molecule has 0 saturated carbocycles. The van der Waals surface area contributed by atoms with Gasteiger partial charge in [-0.3, -0.25) is 29.6 Å². The minimum absolute atomic E-state index is 0.00298. The van der Waals surface area contributed by atoms with E-state index in [0.717, 1.165) is 10.6 Å². The Kier molecular flexibility index (Phi) is 6.53. The molecule has 1 aliphatic rings. The summed E-state index contributed by atoms with van der Waals surface area (Å²) >= 11 is 0. The molecule has 2 aromatic carbocycles. The van der Waals surface area contributed by atoms with Gasteiger partial charge in [-0.15, -0.1) is 0 Å². The first kappa shape index (κ1) is 22.2. The van der Waals surface area contributed by atoms with Crippen molar-refractivity contribution in [2.75, 3.05) is 13.2 Å². The summed E-state index contributed by atoms with van der Waals surface area (Å²) in [5.74, 6) is -2.50. The average Bonchev–Trinajstić information content (AvgIpc) is 3.12. The lowest BCUT2D eigenvalue weighted by Crippen LogP contribution is -2.43. The van der Waals surface area contributed by atoms with Crippen molar-refractivity contribution in [1.82, 2.24) is 10.4 Å². The fourth-order valence-corrected chi connectivity index (χ4v) is 3.24. The van der Waals surface area contributed by atoms with E-state index in [9.17, 15) is 19.2 Å². The van der Waals surface area contributed by atoms with Crippen molar-refractivity contribution in [3.8, 4) is 0 Å². The van der Waals surface area contributed by atoms with Crippen LogP contribution < -0.4 is 5.43 Å². The van der Waals surface area contributed by atoms with Crippen LogP contribution in [0, 0.1) is 5.92 Å². The maximum Gasteiger partial charge on any atom is 0.311 e. The minimum Gasteiger partial charge on any atom is -0.457 e. The normalized spacial score (nSPS) is 16.2. The zero-order chi connectivity index (χ0) is 22.6. The molecule has 1 fully saturated rings. The zero-order valence-electron chi connectivity index (χ0n) is 17.9. The number of nitrogens with zero attached hydrogens (tertiary/aromatic N) is 1. The molecule has 1 saturated heterocycles. The van der Waals surface area contributed by atoms with Gasteiger partial charge < -0.3 is 4.74 Å². The summed E-state index contributed by atoms with van der Waals surface area (Å²) in [6, 6.07) is 15.7. The molecule has 1 N–H and O–H groups in total. The number of hydrogen-bond acceptors (Lipinski definition) is 5. The fourth-order valence-electron chi connectivity index (χ4n) is 3.24. The molecule has 1 heterocycles. The second-order valence-electron chi connectivity index (χ2n) is 8.57. The highest BCUT2D eigenvalue weighted by molar-refractivity contribution is 5.99. The summed E-state index contributed by atoms with van der Waals surface area (Å²) in [7, 11) is 0. The highest BCUT2D eigenvalue weighted by Gasteiger charge is 2.36. The van der Waals surface area contributed by atoms with Gasteiger partial charge in [-0.05, 0) is 23.1 Å². The smallest absolute Gasteiger partial charge is 0.311 e. The Morgan fingerprint density at radius 1 is 1.00 bits per heavy atom. The van der Waals surface area contributed by atoms with Gasteiger partial charge in [0.2, 0.25) is 5.91 Å². The van der Waals surface area contributed by atoms with Crippen molar-refractivity contribution in [3.05, 3.63) is 71.3 Å². The number of carbonyl (C=O) groups excluding carboxylic acids is 4. The number of Topliss-reactive ketones (excluding diaryl/α,β-unsaturated/α-hetero) is 1. The van der Waals surface area contributed by atoms with Gasteiger partial charge in [0.1, 0.15) is 0 Å². The number of amides is 2. The van der Waals surface area contributed by atoms with E-state index >= 15 is 0 Å². The highest BCUT2D eigenvalue weighted by Crippen LogP contribution is 2.22. The van der Waals surface area contributed by atoms with E-state index in [1.165, 1.54) is 0 Å². The third-order valence-corrected chi connectivity index (χ3v) is 5.15. The molecule has 0 spiro atoms. The van der Waals surface area contributed by atoms with Gasteiger partial charge in [0.25, 0.3) is 5.91 Å². The number of esters is 1. The summed E-state index contributed by atoms with van der Waals surface area (Å²) < 4.78 is 5.09. The topological polar surface area (TPSA) is 92.8 Å². The first-order valence-electron chi connectivity index (χ1n) is 10.1. The van der Waals surface area contributed by atoms with Gasteiger partial charge in [0.15, 0.2) is 12.4 Å². The maximum absolute atomic E-state index is 12.5. The maximum atomic E-state index is 12.5. The molecule has 2 amide bonds. The zero-order valence-corrected chi connectivity index (χ0v) is 17.9. The molecule has 3 rings (SSSR count). The Hall–Kier alpha value is -3.48. The predicted molar refractivity (Wildman–Crippen MR) is 114 cm³/mol. The van der Waals surface area contributed by atoms with Crippen molar-refractivity contribution in [2.45, 2.75) is 32.6 Å². The molecule has 7 nitrogen and oxygen atoms in total.